The van der Waals surface area contributed by atoms with Crippen LogP contribution in [0.1, 0.15) is 26.9 Å². The summed E-state index contributed by atoms with van der Waals surface area (Å²) in [6, 6.07) is 3.39. The van der Waals surface area contributed by atoms with Crippen molar-refractivity contribution in [3.63, 3.8) is 0 Å². The number of pyridine rings is 1. The van der Waals surface area contributed by atoms with Gasteiger partial charge in [-0.1, -0.05) is 5.21 Å². The summed E-state index contributed by atoms with van der Waals surface area (Å²) < 4.78 is 1.48. The van der Waals surface area contributed by atoms with Crippen molar-refractivity contribution >= 4 is 11.9 Å². The third-order valence-corrected chi connectivity index (χ3v) is 3.16. The Morgan fingerprint density at radius 1 is 1.35 bits per heavy atom. The summed E-state index contributed by atoms with van der Waals surface area (Å²) >= 11 is 0. The molecule has 102 valence electrons. The van der Waals surface area contributed by atoms with E-state index in [0.29, 0.717) is 18.7 Å². The molecule has 0 aliphatic carbocycles. The first kappa shape index (κ1) is 12.3. The Morgan fingerprint density at radius 3 is 2.75 bits per heavy atom. The van der Waals surface area contributed by atoms with Crippen LogP contribution in [0.3, 0.4) is 0 Å². The highest BCUT2D eigenvalue weighted by Crippen LogP contribution is 2.22. The quantitative estimate of drug-likeness (QED) is 0.849. The molecule has 0 bridgehead atoms. The van der Waals surface area contributed by atoms with Gasteiger partial charge < -0.3 is 10.0 Å². The minimum Gasteiger partial charge on any atom is -0.476 e. The molecule has 1 N–H and O–H groups in total. The second-order valence-corrected chi connectivity index (χ2v) is 4.49. The number of likely N-dealkylation sites (tertiary alicyclic amines) is 1. The Morgan fingerprint density at radius 2 is 2.15 bits per heavy atom. The van der Waals surface area contributed by atoms with Crippen LogP contribution in [-0.2, 0) is 0 Å². The molecule has 0 radical (unpaired) electrons. The fraction of sp³-hybridized carbons (Fsp3) is 0.250. The third kappa shape index (κ3) is 2.11. The number of nitrogens with zero attached hydrogens (tertiary/aromatic N) is 5. The van der Waals surface area contributed by atoms with Gasteiger partial charge in [-0.25, -0.2) is 9.48 Å². The van der Waals surface area contributed by atoms with Gasteiger partial charge in [0.05, 0.1) is 17.8 Å². The number of amides is 1. The first-order chi connectivity index (χ1) is 9.65. The van der Waals surface area contributed by atoms with Crippen molar-refractivity contribution in [2.75, 3.05) is 13.1 Å². The van der Waals surface area contributed by atoms with Crippen LogP contribution < -0.4 is 0 Å². The molecule has 2 aromatic heterocycles. The van der Waals surface area contributed by atoms with Crippen molar-refractivity contribution in [1.29, 1.82) is 0 Å². The number of aromatic carboxylic acids is 1. The minimum absolute atomic E-state index is 0.0313. The number of carboxylic acid groups (broad SMARTS) is 1. The maximum absolute atomic E-state index is 12.1. The average Bonchev–Trinajstić information content (AvgIpc) is 2.87. The van der Waals surface area contributed by atoms with Crippen molar-refractivity contribution in [1.82, 2.24) is 24.9 Å². The number of hydrogen-bond donors (Lipinski definition) is 1. The summed E-state index contributed by atoms with van der Waals surface area (Å²) in [4.78, 5) is 28.3. The second-order valence-electron chi connectivity index (χ2n) is 4.49. The number of aromatic nitrogens is 4. The Kier molecular flexibility index (Phi) is 2.90. The molecule has 0 spiro atoms. The van der Waals surface area contributed by atoms with Gasteiger partial charge in [0.15, 0.2) is 5.69 Å². The van der Waals surface area contributed by atoms with Crippen LogP contribution in [0.5, 0.6) is 0 Å². The highest BCUT2D eigenvalue weighted by atomic mass is 16.4. The van der Waals surface area contributed by atoms with E-state index in [0.717, 1.165) is 0 Å². The molecule has 2 aromatic rings. The second kappa shape index (κ2) is 4.72. The Hall–Kier alpha value is -2.77. The first-order valence-electron chi connectivity index (χ1n) is 5.99. The molecular formula is C12H11N5O3. The topological polar surface area (TPSA) is 101 Å². The van der Waals surface area contributed by atoms with Crippen molar-refractivity contribution < 1.29 is 14.7 Å². The van der Waals surface area contributed by atoms with Gasteiger partial charge in [-0.05, 0) is 12.1 Å². The van der Waals surface area contributed by atoms with Crippen LogP contribution >= 0.6 is 0 Å². The highest BCUT2D eigenvalue weighted by molar-refractivity contribution is 5.94. The van der Waals surface area contributed by atoms with Gasteiger partial charge in [-0.2, -0.15) is 0 Å². The van der Waals surface area contributed by atoms with E-state index in [1.165, 1.54) is 17.1 Å². The van der Waals surface area contributed by atoms with Crippen molar-refractivity contribution in [2.45, 2.75) is 6.04 Å². The van der Waals surface area contributed by atoms with E-state index >= 15 is 0 Å². The molecule has 3 rings (SSSR count). The lowest BCUT2D eigenvalue weighted by atomic mass is 10.1. The molecule has 0 saturated carbocycles. The lowest BCUT2D eigenvalue weighted by Gasteiger charge is -2.38. The molecule has 1 aliphatic heterocycles. The molecule has 8 nitrogen and oxygen atoms in total. The molecule has 1 amide bonds. The zero-order valence-corrected chi connectivity index (χ0v) is 10.4. The van der Waals surface area contributed by atoms with Crippen molar-refractivity contribution in [3.05, 3.63) is 42.0 Å². The molecule has 0 unspecified atom stereocenters. The molecule has 1 saturated heterocycles. The van der Waals surface area contributed by atoms with Crippen LogP contribution in [-0.4, -0.2) is 55.0 Å². The highest BCUT2D eigenvalue weighted by Gasteiger charge is 2.33. The van der Waals surface area contributed by atoms with E-state index in [-0.39, 0.29) is 17.6 Å². The fourth-order valence-corrected chi connectivity index (χ4v) is 2.01. The molecular weight excluding hydrogens is 262 g/mol. The molecule has 1 fully saturated rings. The normalized spacial score (nSPS) is 14.9. The van der Waals surface area contributed by atoms with Crippen LogP contribution in [0.2, 0.25) is 0 Å². The van der Waals surface area contributed by atoms with E-state index in [9.17, 15) is 9.59 Å². The maximum atomic E-state index is 12.1. The summed E-state index contributed by atoms with van der Waals surface area (Å²) in [5.74, 6) is -1.20. The number of carbonyl (C=O) groups is 2. The zero-order valence-electron chi connectivity index (χ0n) is 10.4. The maximum Gasteiger partial charge on any atom is 0.358 e. The summed E-state index contributed by atoms with van der Waals surface area (Å²) in [7, 11) is 0. The fourth-order valence-electron chi connectivity index (χ4n) is 2.01. The molecule has 0 atom stereocenters. The summed E-state index contributed by atoms with van der Waals surface area (Å²) in [6.45, 7) is 0.965. The van der Waals surface area contributed by atoms with E-state index in [4.69, 9.17) is 5.11 Å². The minimum atomic E-state index is -1.11. The van der Waals surface area contributed by atoms with E-state index in [1.54, 1.807) is 23.2 Å². The standard InChI is InChI=1S/C12H11N5O3/c18-11(8-2-1-3-13-4-8)16-5-9(6-16)17-7-10(12(19)20)14-15-17/h1-4,7,9H,5-6H2,(H,19,20). The van der Waals surface area contributed by atoms with Gasteiger partial charge in [-0.3, -0.25) is 9.78 Å². The summed E-state index contributed by atoms with van der Waals surface area (Å²) in [5, 5.41) is 16.1. The predicted octanol–water partition coefficient (Wildman–Crippen LogP) is 0.0684. The third-order valence-electron chi connectivity index (χ3n) is 3.16. The Balaban J connectivity index is 1.63. The van der Waals surface area contributed by atoms with Crippen molar-refractivity contribution in [3.8, 4) is 0 Å². The van der Waals surface area contributed by atoms with E-state index < -0.39 is 5.97 Å². The van der Waals surface area contributed by atoms with E-state index in [2.05, 4.69) is 15.3 Å². The Labute approximate surface area is 113 Å². The van der Waals surface area contributed by atoms with Crippen LogP contribution in [0.15, 0.2) is 30.7 Å². The van der Waals surface area contributed by atoms with Gasteiger partial charge in [-0.15, -0.1) is 5.10 Å². The van der Waals surface area contributed by atoms with Crippen LogP contribution in [0.25, 0.3) is 0 Å². The van der Waals surface area contributed by atoms with Gasteiger partial charge >= 0.3 is 5.97 Å². The molecule has 0 aromatic carbocycles. The number of rotatable bonds is 3. The lowest BCUT2D eigenvalue weighted by Crippen LogP contribution is -2.50. The summed E-state index contributed by atoms with van der Waals surface area (Å²) in [6.07, 6.45) is 4.51. The molecule has 3 heterocycles. The van der Waals surface area contributed by atoms with Gasteiger partial charge in [0.1, 0.15) is 0 Å². The largest absolute Gasteiger partial charge is 0.476 e. The molecule has 20 heavy (non-hydrogen) atoms. The van der Waals surface area contributed by atoms with Crippen LogP contribution in [0.4, 0.5) is 0 Å². The average molecular weight is 273 g/mol. The van der Waals surface area contributed by atoms with Gasteiger partial charge in [0.2, 0.25) is 0 Å². The summed E-state index contributed by atoms with van der Waals surface area (Å²) in [5.41, 5.74) is 0.442. The van der Waals surface area contributed by atoms with E-state index in [1.807, 2.05) is 0 Å². The SMILES string of the molecule is O=C(O)c1cn(C2CN(C(=O)c3cccnc3)C2)nn1. The zero-order chi connectivity index (χ0) is 14.1. The lowest BCUT2D eigenvalue weighted by molar-refractivity contribution is 0.0497. The Bertz CT molecular complexity index is 648. The first-order valence-corrected chi connectivity index (χ1v) is 5.99. The molecule has 1 aliphatic rings. The monoisotopic (exact) mass is 273 g/mol. The molecule has 8 heteroatoms. The predicted molar refractivity (Wildman–Crippen MR) is 66.2 cm³/mol. The van der Waals surface area contributed by atoms with Crippen LogP contribution in [0, 0.1) is 0 Å². The number of carbonyl (C=O) groups excluding carboxylic acids is 1. The van der Waals surface area contributed by atoms with Gasteiger partial charge in [0, 0.05) is 25.5 Å². The number of hydrogen-bond acceptors (Lipinski definition) is 5. The van der Waals surface area contributed by atoms with Gasteiger partial charge in [0.25, 0.3) is 5.91 Å². The smallest absolute Gasteiger partial charge is 0.358 e. The van der Waals surface area contributed by atoms with Crippen molar-refractivity contribution in [2.24, 2.45) is 0 Å². The number of carboxylic acids is 1.